The Morgan fingerprint density at radius 2 is 1.50 bits per heavy atom. The van der Waals surface area contributed by atoms with Gasteiger partial charge in [-0.3, -0.25) is 0 Å². The summed E-state index contributed by atoms with van der Waals surface area (Å²) in [6.07, 6.45) is 7.33. The number of ether oxygens (including phenoxy) is 1. The molecular formula is C29H28F4O. The molecule has 0 heterocycles. The standard InChI is InChI=1S/C29H28F4O/c1-3-18-4-9-20(10-5-18)23-15-14-22(26(30)27(23)31)13-8-19-6-11-21(12-7-19)24-16-17-25(34-2)29(33)28(24)32/h4-5,8-10,13-17,19,21H,3,6-7,11-12H2,1-2H3. The molecule has 0 amide bonds. The molecule has 0 unspecified atom stereocenters. The van der Waals surface area contributed by atoms with E-state index in [4.69, 9.17) is 4.74 Å². The number of rotatable bonds is 6. The highest BCUT2D eigenvalue weighted by molar-refractivity contribution is 5.67. The smallest absolute Gasteiger partial charge is 0.200 e. The summed E-state index contributed by atoms with van der Waals surface area (Å²) in [5, 5.41) is 0. The van der Waals surface area contributed by atoms with Gasteiger partial charge in [0.15, 0.2) is 23.2 Å². The lowest BCUT2D eigenvalue weighted by atomic mass is 9.78. The molecule has 0 aromatic heterocycles. The first-order valence-corrected chi connectivity index (χ1v) is 11.7. The van der Waals surface area contributed by atoms with Crippen molar-refractivity contribution in [2.45, 2.75) is 44.9 Å². The van der Waals surface area contributed by atoms with E-state index in [2.05, 4.69) is 0 Å². The number of hydrogen-bond donors (Lipinski definition) is 0. The molecule has 0 bridgehead atoms. The zero-order chi connectivity index (χ0) is 24.2. The zero-order valence-corrected chi connectivity index (χ0v) is 19.4. The van der Waals surface area contributed by atoms with Crippen molar-refractivity contribution < 1.29 is 22.3 Å². The minimum absolute atomic E-state index is 0.0717. The summed E-state index contributed by atoms with van der Waals surface area (Å²) in [4.78, 5) is 0. The van der Waals surface area contributed by atoms with E-state index >= 15 is 0 Å². The van der Waals surface area contributed by atoms with Crippen LogP contribution in [0.3, 0.4) is 0 Å². The van der Waals surface area contributed by atoms with Crippen molar-refractivity contribution in [3.05, 3.63) is 94.6 Å². The largest absolute Gasteiger partial charge is 0.494 e. The highest BCUT2D eigenvalue weighted by Crippen LogP contribution is 2.39. The van der Waals surface area contributed by atoms with E-state index < -0.39 is 23.3 Å². The number of benzene rings is 3. The molecule has 0 atom stereocenters. The molecule has 1 aliphatic rings. The van der Waals surface area contributed by atoms with Crippen molar-refractivity contribution >= 4 is 6.08 Å². The molecule has 5 heteroatoms. The van der Waals surface area contributed by atoms with Crippen molar-refractivity contribution in [1.82, 2.24) is 0 Å². The maximum Gasteiger partial charge on any atom is 0.200 e. The fourth-order valence-electron chi connectivity index (χ4n) is 4.72. The Labute approximate surface area is 198 Å². The van der Waals surface area contributed by atoms with Crippen molar-refractivity contribution in [2.75, 3.05) is 7.11 Å². The van der Waals surface area contributed by atoms with Crippen LogP contribution < -0.4 is 4.74 Å². The van der Waals surface area contributed by atoms with Crippen LogP contribution in [-0.2, 0) is 6.42 Å². The Hall–Kier alpha value is -3.08. The Kier molecular flexibility index (Phi) is 7.40. The van der Waals surface area contributed by atoms with Gasteiger partial charge in [-0.25, -0.2) is 13.2 Å². The molecule has 0 N–H and O–H groups in total. The van der Waals surface area contributed by atoms with Crippen molar-refractivity contribution in [3.63, 3.8) is 0 Å². The summed E-state index contributed by atoms with van der Waals surface area (Å²) in [6, 6.07) is 13.7. The van der Waals surface area contributed by atoms with Crippen LogP contribution in [0.5, 0.6) is 5.75 Å². The quantitative estimate of drug-likeness (QED) is 0.330. The molecule has 1 aliphatic carbocycles. The van der Waals surface area contributed by atoms with Crippen LogP contribution in [0, 0.1) is 29.2 Å². The van der Waals surface area contributed by atoms with E-state index in [-0.39, 0.29) is 28.7 Å². The fourth-order valence-corrected chi connectivity index (χ4v) is 4.72. The van der Waals surface area contributed by atoms with E-state index in [9.17, 15) is 17.6 Å². The number of methoxy groups -OCH3 is 1. The maximum absolute atomic E-state index is 14.8. The minimum atomic E-state index is -0.954. The fraction of sp³-hybridized carbons (Fsp3) is 0.310. The lowest BCUT2D eigenvalue weighted by Gasteiger charge is -2.27. The topological polar surface area (TPSA) is 9.23 Å². The van der Waals surface area contributed by atoms with Crippen LogP contribution in [0.1, 0.15) is 55.2 Å². The number of aryl methyl sites for hydroxylation is 1. The van der Waals surface area contributed by atoms with E-state index in [0.29, 0.717) is 24.0 Å². The predicted octanol–water partition coefficient (Wildman–Crippen LogP) is 8.47. The van der Waals surface area contributed by atoms with Crippen LogP contribution in [0.4, 0.5) is 17.6 Å². The van der Waals surface area contributed by atoms with E-state index in [1.54, 1.807) is 24.3 Å². The molecule has 3 aromatic rings. The third-order valence-electron chi connectivity index (χ3n) is 6.84. The molecule has 0 saturated heterocycles. The second kappa shape index (κ2) is 10.5. The third kappa shape index (κ3) is 4.89. The number of halogens is 4. The highest BCUT2D eigenvalue weighted by atomic mass is 19.2. The van der Waals surface area contributed by atoms with Crippen molar-refractivity contribution in [2.24, 2.45) is 5.92 Å². The van der Waals surface area contributed by atoms with E-state index in [1.165, 1.54) is 13.2 Å². The summed E-state index contributed by atoms with van der Waals surface area (Å²) < 4.78 is 62.9. The van der Waals surface area contributed by atoms with E-state index in [0.717, 1.165) is 24.8 Å². The Balaban J connectivity index is 1.43. The zero-order valence-electron chi connectivity index (χ0n) is 19.4. The lowest BCUT2D eigenvalue weighted by Crippen LogP contribution is -2.13. The van der Waals surface area contributed by atoms with Crippen LogP contribution >= 0.6 is 0 Å². The van der Waals surface area contributed by atoms with Gasteiger partial charge >= 0.3 is 0 Å². The number of allylic oxidation sites excluding steroid dienone is 1. The van der Waals surface area contributed by atoms with Gasteiger partial charge in [0.2, 0.25) is 5.82 Å². The van der Waals surface area contributed by atoms with Crippen LogP contribution in [0.25, 0.3) is 17.2 Å². The van der Waals surface area contributed by atoms with Crippen LogP contribution in [0.15, 0.2) is 54.6 Å². The van der Waals surface area contributed by atoms with Gasteiger partial charge in [-0.2, -0.15) is 4.39 Å². The van der Waals surface area contributed by atoms with Crippen LogP contribution in [-0.4, -0.2) is 7.11 Å². The Morgan fingerprint density at radius 3 is 2.15 bits per heavy atom. The molecule has 1 fully saturated rings. The van der Waals surface area contributed by atoms with Gasteiger partial charge in [0.1, 0.15) is 0 Å². The molecule has 1 saturated carbocycles. The van der Waals surface area contributed by atoms with Gasteiger partial charge in [-0.05, 0) is 66.7 Å². The summed E-state index contributed by atoms with van der Waals surface area (Å²) in [5.41, 5.74) is 2.60. The summed E-state index contributed by atoms with van der Waals surface area (Å²) >= 11 is 0. The Morgan fingerprint density at radius 1 is 0.794 bits per heavy atom. The number of hydrogen-bond acceptors (Lipinski definition) is 1. The maximum atomic E-state index is 14.8. The molecule has 4 rings (SSSR count). The predicted molar refractivity (Wildman–Crippen MR) is 128 cm³/mol. The summed E-state index contributed by atoms with van der Waals surface area (Å²) in [7, 11) is 1.31. The van der Waals surface area contributed by atoms with E-state index in [1.807, 2.05) is 37.3 Å². The van der Waals surface area contributed by atoms with Gasteiger partial charge < -0.3 is 4.74 Å². The average Bonchev–Trinajstić information content (AvgIpc) is 2.87. The van der Waals surface area contributed by atoms with Crippen LogP contribution in [0.2, 0.25) is 0 Å². The molecular weight excluding hydrogens is 440 g/mol. The van der Waals surface area contributed by atoms with Gasteiger partial charge in [-0.15, -0.1) is 0 Å². The molecule has 0 radical (unpaired) electrons. The summed E-state index contributed by atoms with van der Waals surface area (Å²) in [6.45, 7) is 2.04. The van der Waals surface area contributed by atoms with Gasteiger partial charge in [0, 0.05) is 11.1 Å². The lowest BCUT2D eigenvalue weighted by molar-refractivity contribution is 0.350. The molecule has 0 spiro atoms. The average molecular weight is 469 g/mol. The summed E-state index contributed by atoms with van der Waals surface area (Å²) in [5.74, 6) is -3.52. The monoisotopic (exact) mass is 468 g/mol. The Bertz CT molecular complexity index is 1180. The molecule has 3 aromatic carbocycles. The van der Waals surface area contributed by atoms with Crippen molar-refractivity contribution in [1.29, 1.82) is 0 Å². The molecule has 34 heavy (non-hydrogen) atoms. The highest BCUT2D eigenvalue weighted by Gasteiger charge is 2.26. The van der Waals surface area contributed by atoms with Gasteiger partial charge in [0.25, 0.3) is 0 Å². The van der Waals surface area contributed by atoms with Crippen molar-refractivity contribution in [3.8, 4) is 16.9 Å². The molecule has 0 aliphatic heterocycles. The first-order valence-electron chi connectivity index (χ1n) is 11.7. The first kappa shape index (κ1) is 24.1. The first-order chi connectivity index (χ1) is 16.4. The SMILES string of the molecule is CCc1ccc(-c2ccc(C=CC3CCC(c4ccc(OC)c(F)c4F)CC3)c(F)c2F)cc1. The van der Waals surface area contributed by atoms with Gasteiger partial charge in [-0.1, -0.05) is 61.5 Å². The minimum Gasteiger partial charge on any atom is -0.494 e. The second-order valence-electron chi connectivity index (χ2n) is 8.84. The normalized spacial score (nSPS) is 18.4. The van der Waals surface area contributed by atoms with Gasteiger partial charge in [0.05, 0.1) is 7.11 Å². The third-order valence-corrected chi connectivity index (χ3v) is 6.84. The molecule has 1 nitrogen and oxygen atoms in total. The second-order valence-corrected chi connectivity index (χ2v) is 8.84. The molecule has 178 valence electrons.